The maximum atomic E-state index is 14.2. The number of methoxy groups -OCH3 is 2. The number of nitrogens with one attached hydrogen (secondary N) is 1. The standard InChI is InChI=1S/C29H31N3O4S/c1-35-24-14-19-9-12-31-22(15-21(26-8-4-13-37-26)27(31)20(19)16-25(24)36-2)29(34)32-11-5-10-30-17-23(32)28(33)18-6-3-7-18/h4,8-9,12-16,18,23,30H,3,5-7,10-11,17H2,1-2H3. The molecule has 1 atom stereocenters. The Balaban J connectivity index is 1.52. The molecular formula is C29H31N3O4S. The first-order valence-corrected chi connectivity index (χ1v) is 13.8. The summed E-state index contributed by atoms with van der Waals surface area (Å²) in [5.41, 5.74) is 2.51. The molecule has 2 aliphatic rings. The van der Waals surface area contributed by atoms with Crippen molar-refractivity contribution in [1.82, 2.24) is 14.6 Å². The number of ether oxygens (including phenoxy) is 2. The molecule has 1 unspecified atom stereocenters. The first-order chi connectivity index (χ1) is 18.1. The van der Waals surface area contributed by atoms with Crippen molar-refractivity contribution in [3.8, 4) is 21.9 Å². The van der Waals surface area contributed by atoms with Crippen LogP contribution in [0.3, 0.4) is 0 Å². The lowest BCUT2D eigenvalue weighted by atomic mass is 9.79. The predicted molar refractivity (Wildman–Crippen MR) is 146 cm³/mol. The van der Waals surface area contributed by atoms with E-state index in [0.29, 0.717) is 30.3 Å². The first-order valence-electron chi connectivity index (χ1n) is 12.9. The number of aromatic nitrogens is 1. The number of carbonyl (C=O) groups is 2. The highest BCUT2D eigenvalue weighted by Gasteiger charge is 2.38. The number of pyridine rings is 1. The number of fused-ring (bicyclic) bond motifs is 3. The summed E-state index contributed by atoms with van der Waals surface area (Å²) in [6, 6.07) is 11.6. The van der Waals surface area contributed by atoms with E-state index in [1.165, 1.54) is 0 Å². The third-order valence-electron chi connectivity index (χ3n) is 7.82. The molecule has 1 amide bonds. The third-order valence-corrected chi connectivity index (χ3v) is 8.72. The zero-order valence-electron chi connectivity index (χ0n) is 21.2. The number of ketones is 1. The van der Waals surface area contributed by atoms with Crippen LogP contribution in [-0.2, 0) is 4.79 Å². The molecule has 1 aromatic carbocycles. The number of amides is 1. The van der Waals surface area contributed by atoms with Crippen LogP contribution >= 0.6 is 11.3 Å². The normalized spacial score (nSPS) is 18.5. The fourth-order valence-electron chi connectivity index (χ4n) is 5.62. The summed E-state index contributed by atoms with van der Waals surface area (Å²) in [4.78, 5) is 30.5. The smallest absolute Gasteiger partial charge is 0.271 e. The summed E-state index contributed by atoms with van der Waals surface area (Å²) in [5.74, 6) is 1.49. The maximum Gasteiger partial charge on any atom is 0.271 e. The number of benzene rings is 1. The zero-order valence-corrected chi connectivity index (χ0v) is 22.0. The Labute approximate surface area is 220 Å². The monoisotopic (exact) mass is 517 g/mol. The lowest BCUT2D eigenvalue weighted by Gasteiger charge is -2.34. The number of nitrogens with zero attached hydrogens (tertiary/aromatic N) is 2. The average molecular weight is 518 g/mol. The van der Waals surface area contributed by atoms with E-state index in [0.717, 1.165) is 59.0 Å². The van der Waals surface area contributed by atoms with Crippen molar-refractivity contribution in [3.05, 3.63) is 53.7 Å². The van der Waals surface area contributed by atoms with E-state index in [2.05, 4.69) is 11.4 Å². The van der Waals surface area contributed by atoms with E-state index in [1.54, 1.807) is 25.6 Å². The van der Waals surface area contributed by atoms with Gasteiger partial charge in [-0.15, -0.1) is 11.3 Å². The number of rotatable bonds is 6. The zero-order chi connectivity index (χ0) is 25.5. The van der Waals surface area contributed by atoms with E-state index < -0.39 is 6.04 Å². The lowest BCUT2D eigenvalue weighted by Crippen LogP contribution is -2.51. The minimum absolute atomic E-state index is 0.0809. The van der Waals surface area contributed by atoms with Crippen molar-refractivity contribution in [1.29, 1.82) is 0 Å². The molecule has 0 radical (unpaired) electrons. The molecule has 0 spiro atoms. The number of thiophene rings is 1. The van der Waals surface area contributed by atoms with Crippen LogP contribution in [0.1, 0.15) is 36.2 Å². The molecule has 1 aliphatic carbocycles. The number of Topliss-reactive ketones (excluding diaryl/α,β-unsaturated/α-hetero) is 1. The van der Waals surface area contributed by atoms with Gasteiger partial charge in [-0.1, -0.05) is 12.5 Å². The van der Waals surface area contributed by atoms with Crippen LogP contribution in [0.4, 0.5) is 0 Å². The Morgan fingerprint density at radius 2 is 1.86 bits per heavy atom. The van der Waals surface area contributed by atoms with E-state index in [4.69, 9.17) is 9.47 Å². The Morgan fingerprint density at radius 3 is 2.57 bits per heavy atom. The molecule has 6 rings (SSSR count). The van der Waals surface area contributed by atoms with Gasteiger partial charge in [-0.2, -0.15) is 0 Å². The van der Waals surface area contributed by atoms with Gasteiger partial charge in [0.05, 0.1) is 19.7 Å². The molecule has 37 heavy (non-hydrogen) atoms. The van der Waals surface area contributed by atoms with Crippen LogP contribution in [0.15, 0.2) is 48.0 Å². The largest absolute Gasteiger partial charge is 0.493 e. The second-order valence-electron chi connectivity index (χ2n) is 9.85. The predicted octanol–water partition coefficient (Wildman–Crippen LogP) is 5.01. The molecule has 2 fully saturated rings. The lowest BCUT2D eigenvalue weighted by molar-refractivity contribution is -0.129. The second-order valence-corrected chi connectivity index (χ2v) is 10.8. The Morgan fingerprint density at radius 1 is 1.05 bits per heavy atom. The van der Waals surface area contributed by atoms with E-state index in [1.807, 2.05) is 51.2 Å². The van der Waals surface area contributed by atoms with Crippen molar-refractivity contribution in [2.75, 3.05) is 33.9 Å². The highest BCUT2D eigenvalue weighted by Crippen LogP contribution is 2.40. The van der Waals surface area contributed by atoms with E-state index >= 15 is 0 Å². The molecule has 4 aromatic rings. The number of carbonyl (C=O) groups excluding carboxylic acids is 2. The van der Waals surface area contributed by atoms with Crippen molar-refractivity contribution in [2.24, 2.45) is 5.92 Å². The summed E-state index contributed by atoms with van der Waals surface area (Å²) in [5, 5.41) is 7.40. The number of hydrogen-bond donors (Lipinski definition) is 1. The summed E-state index contributed by atoms with van der Waals surface area (Å²) in [7, 11) is 3.26. The van der Waals surface area contributed by atoms with Crippen LogP contribution in [0.2, 0.25) is 0 Å². The summed E-state index contributed by atoms with van der Waals surface area (Å²) >= 11 is 1.64. The summed E-state index contributed by atoms with van der Waals surface area (Å²) in [6.07, 6.45) is 5.74. The van der Waals surface area contributed by atoms with Crippen molar-refractivity contribution in [2.45, 2.75) is 31.7 Å². The van der Waals surface area contributed by atoms with Gasteiger partial charge < -0.3 is 24.1 Å². The van der Waals surface area contributed by atoms with Gasteiger partial charge in [0.25, 0.3) is 5.91 Å². The van der Waals surface area contributed by atoms with Gasteiger partial charge in [0, 0.05) is 41.0 Å². The van der Waals surface area contributed by atoms with Crippen LogP contribution in [0, 0.1) is 5.92 Å². The molecular weight excluding hydrogens is 486 g/mol. The molecule has 1 saturated carbocycles. The number of hydrogen-bond acceptors (Lipinski definition) is 6. The van der Waals surface area contributed by atoms with Crippen LogP contribution in [-0.4, -0.2) is 60.9 Å². The topological polar surface area (TPSA) is 72.3 Å². The molecule has 3 aromatic heterocycles. The van der Waals surface area contributed by atoms with Crippen LogP contribution < -0.4 is 14.8 Å². The van der Waals surface area contributed by atoms with Crippen molar-refractivity contribution < 1.29 is 19.1 Å². The summed E-state index contributed by atoms with van der Waals surface area (Å²) < 4.78 is 13.1. The Kier molecular flexibility index (Phi) is 6.38. The van der Waals surface area contributed by atoms with Gasteiger partial charge in [0.15, 0.2) is 17.3 Å². The van der Waals surface area contributed by atoms with E-state index in [9.17, 15) is 9.59 Å². The van der Waals surface area contributed by atoms with Gasteiger partial charge in [-0.25, -0.2) is 0 Å². The molecule has 7 nitrogen and oxygen atoms in total. The molecule has 192 valence electrons. The van der Waals surface area contributed by atoms with Crippen LogP contribution in [0.5, 0.6) is 11.5 Å². The third kappa shape index (κ3) is 4.08. The quantitative estimate of drug-likeness (QED) is 0.389. The minimum atomic E-state index is -0.430. The Bertz CT molecular complexity index is 1470. The maximum absolute atomic E-state index is 14.2. The average Bonchev–Trinajstić information content (AvgIpc) is 3.48. The van der Waals surface area contributed by atoms with Crippen LogP contribution in [0.25, 0.3) is 26.7 Å². The Hall–Kier alpha value is -3.36. The highest BCUT2D eigenvalue weighted by molar-refractivity contribution is 7.13. The first kappa shape index (κ1) is 24.0. The van der Waals surface area contributed by atoms with Gasteiger partial charge in [-0.3, -0.25) is 9.59 Å². The van der Waals surface area contributed by atoms with Gasteiger partial charge in [-0.05, 0) is 66.9 Å². The fourth-order valence-corrected chi connectivity index (χ4v) is 6.36. The molecule has 8 heteroatoms. The molecule has 4 heterocycles. The molecule has 1 aliphatic heterocycles. The highest BCUT2D eigenvalue weighted by atomic mass is 32.1. The minimum Gasteiger partial charge on any atom is -0.493 e. The molecule has 1 N–H and O–H groups in total. The fraction of sp³-hybridized carbons (Fsp3) is 0.379. The van der Waals surface area contributed by atoms with E-state index in [-0.39, 0.29) is 17.6 Å². The van der Waals surface area contributed by atoms with Crippen molar-refractivity contribution in [3.63, 3.8) is 0 Å². The van der Waals surface area contributed by atoms with Gasteiger partial charge >= 0.3 is 0 Å². The summed E-state index contributed by atoms with van der Waals surface area (Å²) in [6.45, 7) is 1.89. The van der Waals surface area contributed by atoms with Gasteiger partial charge in [0.1, 0.15) is 11.7 Å². The molecule has 0 bridgehead atoms. The molecule has 1 saturated heterocycles. The second kappa shape index (κ2) is 9.84. The SMILES string of the molecule is COc1cc2ccn3c(C(=O)N4CCCNCC4C(=O)C4CCC4)cc(-c4cccs4)c3c2cc1OC. The van der Waals surface area contributed by atoms with Crippen molar-refractivity contribution >= 4 is 39.3 Å². The van der Waals surface area contributed by atoms with Gasteiger partial charge in [0.2, 0.25) is 0 Å².